The lowest BCUT2D eigenvalue weighted by atomic mass is 9.97. The van der Waals surface area contributed by atoms with Crippen LogP contribution in [0.1, 0.15) is 18.9 Å². The van der Waals surface area contributed by atoms with E-state index in [1.165, 1.54) is 4.31 Å². The molecule has 7 nitrogen and oxygen atoms in total. The van der Waals surface area contributed by atoms with Crippen LogP contribution in [-0.2, 0) is 21.2 Å². The Kier molecular flexibility index (Phi) is 6.00. The van der Waals surface area contributed by atoms with Crippen molar-refractivity contribution in [3.05, 3.63) is 42.2 Å². The molecular formula is C20H25N3O4S. The van der Waals surface area contributed by atoms with Crippen LogP contribution < -0.4 is 9.64 Å². The number of nitrogens with zero attached hydrogens (tertiary/aromatic N) is 3. The first-order chi connectivity index (χ1) is 13.3. The maximum Gasteiger partial charge on any atom is 0.227 e. The fourth-order valence-electron chi connectivity index (χ4n) is 3.14. The Hall–Kier alpha value is -2.45. The number of anilines is 1. The first-order valence-electron chi connectivity index (χ1n) is 9.23. The molecule has 2 heterocycles. The van der Waals surface area contributed by atoms with Gasteiger partial charge in [-0.1, -0.05) is 6.07 Å². The number of fused-ring (bicyclic) bond motifs is 1. The van der Waals surface area contributed by atoms with E-state index < -0.39 is 10.0 Å². The summed E-state index contributed by atoms with van der Waals surface area (Å²) in [5.74, 6) is 0.789. The number of likely N-dealkylation sites (N-methyl/N-ethyl adjacent to an activating group) is 1. The molecule has 1 aromatic carbocycles. The van der Waals surface area contributed by atoms with E-state index >= 15 is 0 Å². The Labute approximate surface area is 166 Å². The van der Waals surface area contributed by atoms with Crippen LogP contribution in [0.2, 0.25) is 0 Å². The largest absolute Gasteiger partial charge is 0.491 e. The summed E-state index contributed by atoms with van der Waals surface area (Å²) in [6, 6.07) is 7.90. The van der Waals surface area contributed by atoms with Crippen molar-refractivity contribution < 1.29 is 17.9 Å². The van der Waals surface area contributed by atoms with Gasteiger partial charge in [-0.25, -0.2) is 12.7 Å². The molecule has 28 heavy (non-hydrogen) atoms. The zero-order chi connectivity index (χ0) is 20.3. The molecule has 0 fully saturated rings. The van der Waals surface area contributed by atoms with Gasteiger partial charge in [-0.3, -0.25) is 9.78 Å². The number of benzene rings is 1. The molecule has 150 valence electrons. The molecule has 0 N–H and O–H groups in total. The molecular weight excluding hydrogens is 378 g/mol. The molecule has 0 aliphatic carbocycles. The highest BCUT2D eigenvalue weighted by atomic mass is 32.2. The number of ether oxygens (including phenoxy) is 1. The smallest absolute Gasteiger partial charge is 0.227 e. The van der Waals surface area contributed by atoms with Crippen molar-refractivity contribution in [2.45, 2.75) is 19.8 Å². The number of amides is 1. The van der Waals surface area contributed by atoms with Crippen LogP contribution in [0.3, 0.4) is 0 Å². The van der Waals surface area contributed by atoms with E-state index in [4.69, 9.17) is 4.74 Å². The summed E-state index contributed by atoms with van der Waals surface area (Å²) in [4.78, 5) is 17.8. The van der Waals surface area contributed by atoms with Gasteiger partial charge in [0.2, 0.25) is 15.9 Å². The van der Waals surface area contributed by atoms with Crippen LogP contribution in [0.25, 0.3) is 11.1 Å². The van der Waals surface area contributed by atoms with Gasteiger partial charge >= 0.3 is 0 Å². The lowest BCUT2D eigenvalue weighted by Gasteiger charge is -2.26. The van der Waals surface area contributed by atoms with Crippen molar-refractivity contribution in [1.82, 2.24) is 9.29 Å². The van der Waals surface area contributed by atoms with Crippen molar-refractivity contribution in [2.75, 3.05) is 37.9 Å². The first kappa shape index (κ1) is 20.3. The van der Waals surface area contributed by atoms with Gasteiger partial charge in [0.1, 0.15) is 12.4 Å². The van der Waals surface area contributed by atoms with Gasteiger partial charge in [-0.05, 0) is 42.7 Å². The van der Waals surface area contributed by atoms with Crippen LogP contribution in [0.5, 0.6) is 5.75 Å². The highest BCUT2D eigenvalue weighted by Gasteiger charge is 2.21. The highest BCUT2D eigenvalue weighted by molar-refractivity contribution is 7.89. The summed E-state index contributed by atoms with van der Waals surface area (Å²) in [6.07, 6.45) is 4.62. The fraction of sp³-hybridized carbons (Fsp3) is 0.400. The summed E-state index contributed by atoms with van der Waals surface area (Å²) in [5.41, 5.74) is 4.00. The van der Waals surface area contributed by atoms with Crippen LogP contribution >= 0.6 is 0 Å². The minimum atomic E-state index is -3.21. The number of aromatic nitrogens is 1. The molecule has 3 rings (SSSR count). The molecule has 1 aliphatic heterocycles. The average Bonchev–Trinajstić information content (AvgIpc) is 2.70. The zero-order valence-electron chi connectivity index (χ0n) is 16.4. The Morgan fingerprint density at radius 2 is 1.96 bits per heavy atom. The van der Waals surface area contributed by atoms with E-state index in [-0.39, 0.29) is 24.8 Å². The second-order valence-electron chi connectivity index (χ2n) is 6.78. The Morgan fingerprint density at radius 3 is 2.71 bits per heavy atom. The van der Waals surface area contributed by atoms with Crippen molar-refractivity contribution >= 4 is 21.6 Å². The molecule has 0 saturated heterocycles. The maximum absolute atomic E-state index is 11.8. The predicted octanol–water partition coefficient (Wildman–Crippen LogP) is 2.32. The van der Waals surface area contributed by atoms with Crippen molar-refractivity contribution in [3.63, 3.8) is 0 Å². The van der Waals surface area contributed by atoms with Crippen LogP contribution in [0, 0.1) is 0 Å². The molecule has 2 aromatic rings. The Morgan fingerprint density at radius 1 is 1.18 bits per heavy atom. The summed E-state index contributed by atoms with van der Waals surface area (Å²) in [5, 5.41) is 0. The molecule has 1 amide bonds. The van der Waals surface area contributed by atoms with E-state index in [9.17, 15) is 13.2 Å². The third kappa shape index (κ3) is 4.34. The molecule has 0 spiro atoms. The van der Waals surface area contributed by atoms with Gasteiger partial charge in [0.05, 0.1) is 11.9 Å². The number of carbonyl (C=O) groups excluding carboxylic acids is 1. The third-order valence-electron chi connectivity index (χ3n) is 4.98. The summed E-state index contributed by atoms with van der Waals surface area (Å²) < 4.78 is 30.5. The molecule has 0 saturated carbocycles. The van der Waals surface area contributed by atoms with E-state index in [2.05, 4.69) is 11.1 Å². The number of hydrogen-bond donors (Lipinski definition) is 0. The van der Waals surface area contributed by atoms with E-state index in [0.29, 0.717) is 12.2 Å². The Bertz CT molecular complexity index is 975. The first-order valence-corrected chi connectivity index (χ1v) is 10.8. The van der Waals surface area contributed by atoms with Crippen LogP contribution in [0.15, 0.2) is 36.7 Å². The molecule has 0 bridgehead atoms. The molecule has 1 aliphatic rings. The highest BCUT2D eigenvalue weighted by Crippen LogP contribution is 2.32. The lowest BCUT2D eigenvalue weighted by Crippen LogP contribution is -2.32. The van der Waals surface area contributed by atoms with Gasteiger partial charge in [0.25, 0.3) is 0 Å². The molecule has 0 atom stereocenters. The van der Waals surface area contributed by atoms with Gasteiger partial charge in [0.15, 0.2) is 0 Å². The SMILES string of the molecule is CCS(=O)(=O)N(C)CCOc1cncc(-c2ccc3c(c2)CCC(=O)N3C)c1. The lowest BCUT2D eigenvalue weighted by molar-refractivity contribution is -0.118. The van der Waals surface area contributed by atoms with Gasteiger partial charge in [-0.15, -0.1) is 0 Å². The fourth-order valence-corrected chi connectivity index (χ4v) is 3.94. The van der Waals surface area contributed by atoms with Crippen LogP contribution in [-0.4, -0.2) is 56.6 Å². The minimum absolute atomic E-state index is 0.0691. The number of rotatable bonds is 7. The average molecular weight is 404 g/mol. The third-order valence-corrected chi connectivity index (χ3v) is 6.85. The number of carbonyl (C=O) groups is 1. The minimum Gasteiger partial charge on any atom is -0.491 e. The number of pyridine rings is 1. The molecule has 0 unspecified atom stereocenters. The second kappa shape index (κ2) is 8.28. The van der Waals surface area contributed by atoms with E-state index in [1.807, 2.05) is 18.2 Å². The summed E-state index contributed by atoms with van der Waals surface area (Å²) in [7, 11) is 0.133. The van der Waals surface area contributed by atoms with Crippen molar-refractivity contribution in [2.24, 2.45) is 0 Å². The molecule has 8 heteroatoms. The van der Waals surface area contributed by atoms with E-state index in [0.717, 1.165) is 28.8 Å². The van der Waals surface area contributed by atoms with Crippen LogP contribution in [0.4, 0.5) is 5.69 Å². The van der Waals surface area contributed by atoms with Crippen molar-refractivity contribution in [1.29, 1.82) is 0 Å². The standard InChI is InChI=1S/C20H25N3O4S/c1-4-28(25,26)22(2)9-10-27-18-12-17(13-21-14-18)15-5-7-19-16(11-15)6-8-20(24)23(19)3/h5,7,11-14H,4,6,8-10H2,1-3H3. The number of hydrogen-bond acceptors (Lipinski definition) is 5. The van der Waals surface area contributed by atoms with Gasteiger partial charge in [0, 0.05) is 44.5 Å². The van der Waals surface area contributed by atoms with E-state index in [1.54, 1.807) is 38.3 Å². The maximum atomic E-state index is 11.8. The van der Waals surface area contributed by atoms with Gasteiger partial charge in [-0.2, -0.15) is 0 Å². The molecule has 0 radical (unpaired) electrons. The quantitative estimate of drug-likeness (QED) is 0.709. The number of aryl methyl sites for hydroxylation is 1. The zero-order valence-corrected chi connectivity index (χ0v) is 17.2. The van der Waals surface area contributed by atoms with Crippen molar-refractivity contribution in [3.8, 4) is 16.9 Å². The second-order valence-corrected chi connectivity index (χ2v) is 9.14. The normalized spacial score (nSPS) is 14.3. The Balaban J connectivity index is 1.71. The summed E-state index contributed by atoms with van der Waals surface area (Å²) in [6.45, 7) is 2.14. The topological polar surface area (TPSA) is 79.8 Å². The van der Waals surface area contributed by atoms with Gasteiger partial charge < -0.3 is 9.64 Å². The predicted molar refractivity (Wildman–Crippen MR) is 109 cm³/mol. The summed E-state index contributed by atoms with van der Waals surface area (Å²) >= 11 is 0. The number of sulfonamides is 1. The molecule has 1 aromatic heterocycles. The monoisotopic (exact) mass is 403 g/mol.